The number of nitrogens with zero attached hydrogens (tertiary/aromatic N) is 1. The molecule has 112 valence electrons. The summed E-state index contributed by atoms with van der Waals surface area (Å²) in [5.41, 5.74) is 1.45. The van der Waals surface area contributed by atoms with Gasteiger partial charge in [0.05, 0.1) is 16.7 Å². The molecule has 0 unspecified atom stereocenters. The molecule has 0 spiro atoms. The summed E-state index contributed by atoms with van der Waals surface area (Å²) in [6.07, 6.45) is -4.71. The van der Waals surface area contributed by atoms with Crippen LogP contribution in [0.4, 0.5) is 18.9 Å². The van der Waals surface area contributed by atoms with E-state index in [0.717, 1.165) is 10.3 Å². The smallest absolute Gasteiger partial charge is 0.405 e. The van der Waals surface area contributed by atoms with Crippen molar-refractivity contribution in [1.82, 2.24) is 4.98 Å². The van der Waals surface area contributed by atoms with E-state index in [0.29, 0.717) is 12.2 Å². The van der Waals surface area contributed by atoms with Crippen LogP contribution in [0.2, 0.25) is 0 Å². The summed E-state index contributed by atoms with van der Waals surface area (Å²) in [5.74, 6) is -0.284. The number of aromatic nitrogens is 1. The second-order valence-corrected chi connectivity index (χ2v) is 5.67. The molecular weight excluding hydrogens is 417 g/mol. The van der Waals surface area contributed by atoms with Crippen molar-refractivity contribution in [2.45, 2.75) is 12.9 Å². The highest BCUT2D eigenvalue weighted by Gasteiger charge is 2.31. The topological polar surface area (TPSA) is 34.1 Å². The molecule has 0 saturated heterocycles. The predicted molar refractivity (Wildman–Crippen MR) is 80.1 cm³/mol. The Morgan fingerprint density at radius 1 is 1.14 bits per heavy atom. The number of anilines is 1. The van der Waals surface area contributed by atoms with Gasteiger partial charge in [-0.1, -0.05) is 6.07 Å². The number of nitrogens with one attached hydrogen (secondary N) is 1. The van der Waals surface area contributed by atoms with Crippen LogP contribution in [0.1, 0.15) is 5.69 Å². The van der Waals surface area contributed by atoms with E-state index in [4.69, 9.17) is 0 Å². The molecule has 2 rings (SSSR count). The minimum atomic E-state index is -4.71. The fraction of sp³-hybridized carbons (Fsp3) is 0.154. The maximum atomic E-state index is 12.2. The molecule has 1 aromatic carbocycles. The monoisotopic (exact) mass is 424 g/mol. The molecule has 0 atom stereocenters. The van der Waals surface area contributed by atoms with Gasteiger partial charge < -0.3 is 10.1 Å². The summed E-state index contributed by atoms with van der Waals surface area (Å²) in [6, 6.07) is 9.76. The van der Waals surface area contributed by atoms with E-state index in [1.807, 2.05) is 18.2 Å². The van der Waals surface area contributed by atoms with Crippen molar-refractivity contribution in [3.8, 4) is 5.75 Å². The molecule has 1 heterocycles. The molecule has 3 nitrogen and oxygen atoms in total. The number of rotatable bonds is 4. The zero-order valence-corrected chi connectivity index (χ0v) is 13.6. The van der Waals surface area contributed by atoms with Gasteiger partial charge in [-0.05, 0) is 62.2 Å². The summed E-state index contributed by atoms with van der Waals surface area (Å²) in [4.78, 5) is 4.25. The van der Waals surface area contributed by atoms with E-state index >= 15 is 0 Å². The molecule has 0 bridgehead atoms. The van der Waals surface area contributed by atoms with Gasteiger partial charge in [0.2, 0.25) is 0 Å². The molecule has 0 amide bonds. The highest BCUT2D eigenvalue weighted by Crippen LogP contribution is 2.32. The summed E-state index contributed by atoms with van der Waals surface area (Å²) in [6.45, 7) is 0.450. The van der Waals surface area contributed by atoms with Crippen molar-refractivity contribution in [3.05, 3.63) is 51.2 Å². The molecule has 2 aromatic rings. The Hall–Kier alpha value is -1.28. The van der Waals surface area contributed by atoms with Crippen LogP contribution in [0.5, 0.6) is 5.75 Å². The van der Waals surface area contributed by atoms with Crippen molar-refractivity contribution >= 4 is 37.5 Å². The van der Waals surface area contributed by atoms with Gasteiger partial charge in [0, 0.05) is 5.69 Å². The Morgan fingerprint density at radius 2 is 1.90 bits per heavy atom. The summed E-state index contributed by atoms with van der Waals surface area (Å²) in [5, 5.41) is 3.07. The Bertz CT molecular complexity index is 635. The Morgan fingerprint density at radius 3 is 2.52 bits per heavy atom. The average molecular weight is 426 g/mol. The van der Waals surface area contributed by atoms with Crippen molar-refractivity contribution in [2.75, 3.05) is 5.32 Å². The normalized spacial score (nSPS) is 11.3. The first-order valence-corrected chi connectivity index (χ1v) is 7.33. The Kier molecular flexibility index (Phi) is 5.10. The van der Waals surface area contributed by atoms with E-state index in [2.05, 4.69) is 46.9 Å². The highest BCUT2D eigenvalue weighted by molar-refractivity contribution is 9.10. The van der Waals surface area contributed by atoms with Gasteiger partial charge in [0.15, 0.2) is 0 Å². The van der Waals surface area contributed by atoms with Crippen LogP contribution < -0.4 is 10.1 Å². The van der Waals surface area contributed by atoms with Gasteiger partial charge in [0.1, 0.15) is 10.4 Å². The van der Waals surface area contributed by atoms with Gasteiger partial charge >= 0.3 is 6.36 Å². The zero-order valence-electron chi connectivity index (χ0n) is 10.4. The molecular formula is C13H9Br2F3N2O. The van der Waals surface area contributed by atoms with Gasteiger partial charge in [-0.3, -0.25) is 0 Å². The molecule has 8 heteroatoms. The van der Waals surface area contributed by atoms with Crippen LogP contribution in [-0.4, -0.2) is 11.3 Å². The van der Waals surface area contributed by atoms with Crippen LogP contribution in [0, 0.1) is 0 Å². The van der Waals surface area contributed by atoms with E-state index in [1.54, 1.807) is 0 Å². The van der Waals surface area contributed by atoms with E-state index in [9.17, 15) is 13.2 Å². The maximum absolute atomic E-state index is 12.2. The number of hydrogen-bond donors (Lipinski definition) is 1. The number of hydrogen-bond acceptors (Lipinski definition) is 3. The fourth-order valence-electron chi connectivity index (χ4n) is 1.56. The van der Waals surface area contributed by atoms with Crippen LogP contribution in [0.25, 0.3) is 0 Å². The van der Waals surface area contributed by atoms with Crippen LogP contribution >= 0.6 is 31.9 Å². The highest BCUT2D eigenvalue weighted by atomic mass is 79.9. The number of ether oxygens (including phenoxy) is 1. The lowest BCUT2D eigenvalue weighted by Crippen LogP contribution is -2.17. The van der Waals surface area contributed by atoms with E-state index in [1.165, 1.54) is 18.2 Å². The van der Waals surface area contributed by atoms with Crippen molar-refractivity contribution in [1.29, 1.82) is 0 Å². The molecule has 0 radical (unpaired) electrons. The molecule has 0 saturated carbocycles. The largest absolute Gasteiger partial charge is 0.573 e. The third-order valence-corrected chi connectivity index (χ3v) is 3.47. The van der Waals surface area contributed by atoms with Gasteiger partial charge in [-0.15, -0.1) is 13.2 Å². The fourth-order valence-corrected chi connectivity index (χ4v) is 2.40. The predicted octanol–water partition coefficient (Wildman–Crippen LogP) is 5.12. The first-order valence-electron chi connectivity index (χ1n) is 5.74. The Balaban J connectivity index is 2.03. The van der Waals surface area contributed by atoms with Crippen LogP contribution in [-0.2, 0) is 6.54 Å². The van der Waals surface area contributed by atoms with Crippen LogP contribution in [0.15, 0.2) is 45.5 Å². The van der Waals surface area contributed by atoms with Crippen molar-refractivity contribution < 1.29 is 17.9 Å². The number of pyridine rings is 1. The minimum absolute atomic E-state index is 0.215. The van der Waals surface area contributed by atoms with E-state index < -0.39 is 6.36 Å². The lowest BCUT2D eigenvalue weighted by molar-refractivity contribution is -0.274. The van der Waals surface area contributed by atoms with Crippen molar-refractivity contribution in [2.24, 2.45) is 0 Å². The zero-order chi connectivity index (χ0) is 15.5. The molecule has 0 aliphatic heterocycles. The van der Waals surface area contributed by atoms with Gasteiger partial charge in [-0.2, -0.15) is 0 Å². The number of halogens is 5. The average Bonchev–Trinajstić information content (AvgIpc) is 2.38. The third kappa shape index (κ3) is 5.20. The second-order valence-electron chi connectivity index (χ2n) is 4.00. The van der Waals surface area contributed by atoms with Gasteiger partial charge in [-0.25, -0.2) is 4.98 Å². The molecule has 0 aliphatic carbocycles. The Labute approximate surface area is 135 Å². The standard InChI is InChI=1S/C13H9Br2F3N2O/c14-10-6-8(4-5-11(10)21-13(16,17)18)19-7-9-2-1-3-12(15)20-9/h1-6,19H,7H2. The molecule has 1 aromatic heterocycles. The number of alkyl halides is 3. The first kappa shape index (κ1) is 16.1. The van der Waals surface area contributed by atoms with E-state index in [-0.39, 0.29) is 10.2 Å². The third-order valence-electron chi connectivity index (χ3n) is 2.40. The summed E-state index contributed by atoms with van der Waals surface area (Å²) in [7, 11) is 0. The van der Waals surface area contributed by atoms with Crippen LogP contribution in [0.3, 0.4) is 0 Å². The SMILES string of the molecule is FC(F)(F)Oc1ccc(NCc2cccc(Br)n2)cc1Br. The quantitative estimate of drug-likeness (QED) is 0.690. The second kappa shape index (κ2) is 6.65. The molecule has 21 heavy (non-hydrogen) atoms. The molecule has 0 aliphatic rings. The van der Waals surface area contributed by atoms with Gasteiger partial charge in [0.25, 0.3) is 0 Å². The molecule has 0 fully saturated rings. The first-order chi connectivity index (χ1) is 9.83. The summed E-state index contributed by atoms with van der Waals surface area (Å²) >= 11 is 6.32. The summed E-state index contributed by atoms with van der Waals surface area (Å²) < 4.78 is 41.3. The van der Waals surface area contributed by atoms with Crippen molar-refractivity contribution in [3.63, 3.8) is 0 Å². The minimum Gasteiger partial charge on any atom is -0.405 e. The number of benzene rings is 1. The lowest BCUT2D eigenvalue weighted by atomic mass is 10.3. The maximum Gasteiger partial charge on any atom is 0.573 e. The molecule has 1 N–H and O–H groups in total. The lowest BCUT2D eigenvalue weighted by Gasteiger charge is -2.12.